The Hall–Kier alpha value is -2.61. The zero-order chi connectivity index (χ0) is 20.5. The summed E-state index contributed by atoms with van der Waals surface area (Å²) in [7, 11) is 2.19. The number of halogens is 1. The van der Waals surface area contributed by atoms with Crippen LogP contribution in [0.4, 0.5) is 5.69 Å². The van der Waals surface area contributed by atoms with E-state index in [0.29, 0.717) is 5.02 Å². The Labute approximate surface area is 180 Å². The van der Waals surface area contributed by atoms with Gasteiger partial charge in [0.15, 0.2) is 5.82 Å². The van der Waals surface area contributed by atoms with Crippen molar-refractivity contribution in [2.75, 3.05) is 51.6 Å². The third kappa shape index (κ3) is 4.01. The third-order valence-corrected chi connectivity index (χ3v) is 6.04. The van der Waals surface area contributed by atoms with Gasteiger partial charge in [-0.1, -0.05) is 11.6 Å². The molecule has 0 saturated carbocycles. The minimum Gasteiger partial charge on any atom is -0.385 e. The average Bonchev–Trinajstić information content (AvgIpc) is 3.35. The molecule has 0 bridgehead atoms. The molecular formula is C22H26ClN7. The van der Waals surface area contributed by atoms with Crippen LogP contribution in [0.3, 0.4) is 0 Å². The van der Waals surface area contributed by atoms with Gasteiger partial charge in [0.2, 0.25) is 0 Å². The predicted molar refractivity (Wildman–Crippen MR) is 123 cm³/mol. The number of aromatic amines is 2. The highest BCUT2D eigenvalue weighted by Crippen LogP contribution is 2.28. The fourth-order valence-corrected chi connectivity index (χ4v) is 4.18. The monoisotopic (exact) mass is 423 g/mol. The smallest absolute Gasteiger partial charge is 0.159 e. The summed E-state index contributed by atoms with van der Waals surface area (Å²) in [4.78, 5) is 13.1. The Kier molecular flexibility index (Phi) is 5.33. The van der Waals surface area contributed by atoms with Crippen LogP contribution in [-0.4, -0.2) is 76.3 Å². The van der Waals surface area contributed by atoms with Crippen LogP contribution >= 0.6 is 11.6 Å². The molecule has 4 aromatic rings. The lowest BCUT2D eigenvalue weighted by Gasteiger charge is -2.32. The first kappa shape index (κ1) is 19.4. The number of imidazole rings is 1. The van der Waals surface area contributed by atoms with Gasteiger partial charge >= 0.3 is 0 Å². The van der Waals surface area contributed by atoms with Crippen molar-refractivity contribution in [1.82, 2.24) is 30.0 Å². The molecule has 1 aliphatic rings. The number of hydrogen-bond acceptors (Lipinski definition) is 5. The molecule has 30 heavy (non-hydrogen) atoms. The molecule has 2 aromatic heterocycles. The molecule has 2 aromatic carbocycles. The van der Waals surface area contributed by atoms with Gasteiger partial charge in [-0.25, -0.2) is 4.98 Å². The van der Waals surface area contributed by atoms with Crippen LogP contribution in [0.5, 0.6) is 0 Å². The summed E-state index contributed by atoms with van der Waals surface area (Å²) in [6, 6.07) is 12.0. The van der Waals surface area contributed by atoms with Crippen molar-refractivity contribution < 1.29 is 0 Å². The second-order valence-electron chi connectivity index (χ2n) is 8.00. The highest BCUT2D eigenvalue weighted by Gasteiger charge is 2.14. The van der Waals surface area contributed by atoms with Gasteiger partial charge in [0, 0.05) is 48.8 Å². The number of likely N-dealkylation sites (N-methyl/N-ethyl adjacent to an activating group) is 1. The summed E-state index contributed by atoms with van der Waals surface area (Å²) >= 11 is 6.07. The number of nitrogens with zero attached hydrogens (tertiary/aromatic N) is 4. The quantitative estimate of drug-likeness (QED) is 0.411. The maximum absolute atomic E-state index is 6.07. The molecule has 7 nitrogen and oxygen atoms in total. The molecule has 3 heterocycles. The molecule has 0 unspecified atom stereocenters. The van der Waals surface area contributed by atoms with Crippen LogP contribution in [0.1, 0.15) is 6.42 Å². The van der Waals surface area contributed by atoms with Crippen molar-refractivity contribution >= 4 is 39.2 Å². The van der Waals surface area contributed by atoms with E-state index in [4.69, 9.17) is 16.6 Å². The van der Waals surface area contributed by atoms with Crippen molar-refractivity contribution in [2.45, 2.75) is 6.42 Å². The number of rotatable bonds is 6. The second kappa shape index (κ2) is 8.26. The van der Waals surface area contributed by atoms with E-state index in [1.807, 2.05) is 24.3 Å². The first-order chi connectivity index (χ1) is 14.7. The zero-order valence-electron chi connectivity index (χ0n) is 17.1. The van der Waals surface area contributed by atoms with Gasteiger partial charge in [0.25, 0.3) is 0 Å². The average molecular weight is 424 g/mol. The predicted octanol–water partition coefficient (Wildman–Crippen LogP) is 3.81. The van der Waals surface area contributed by atoms with E-state index in [9.17, 15) is 0 Å². The van der Waals surface area contributed by atoms with E-state index in [1.165, 1.54) is 26.2 Å². The fourth-order valence-electron chi connectivity index (χ4n) is 4.01. The second-order valence-corrected chi connectivity index (χ2v) is 8.44. The van der Waals surface area contributed by atoms with Gasteiger partial charge in [-0.15, -0.1) is 0 Å². The summed E-state index contributed by atoms with van der Waals surface area (Å²) in [6.07, 6.45) is 1.14. The number of nitrogens with one attached hydrogen (secondary N) is 3. The van der Waals surface area contributed by atoms with E-state index in [1.54, 1.807) is 0 Å². The first-order valence-corrected chi connectivity index (χ1v) is 10.8. The summed E-state index contributed by atoms with van der Waals surface area (Å²) in [5.41, 5.74) is 4.74. The van der Waals surface area contributed by atoms with Crippen LogP contribution in [0.25, 0.3) is 33.5 Å². The number of fused-ring (bicyclic) bond motifs is 2. The lowest BCUT2D eigenvalue weighted by molar-refractivity contribution is 0.154. The molecule has 0 spiro atoms. The zero-order valence-corrected chi connectivity index (χ0v) is 17.8. The van der Waals surface area contributed by atoms with E-state index < -0.39 is 0 Å². The molecule has 3 N–H and O–H groups in total. The fraction of sp³-hybridized carbons (Fsp3) is 0.364. The van der Waals surface area contributed by atoms with E-state index >= 15 is 0 Å². The minimum absolute atomic E-state index is 0.686. The minimum atomic E-state index is 0.686. The Bertz CT molecular complexity index is 1160. The van der Waals surface area contributed by atoms with Crippen molar-refractivity contribution in [3.63, 3.8) is 0 Å². The lowest BCUT2D eigenvalue weighted by Crippen LogP contribution is -2.44. The molecule has 1 fully saturated rings. The molecule has 5 rings (SSSR count). The Morgan fingerprint density at radius 1 is 1.07 bits per heavy atom. The van der Waals surface area contributed by atoms with E-state index in [0.717, 1.165) is 58.7 Å². The Balaban J connectivity index is 1.25. The SMILES string of the molecule is CN1CCN(CCCNc2ccc3nc(-c4n[nH]c5cc(Cl)ccc45)[nH]c3c2)CC1. The highest BCUT2D eigenvalue weighted by molar-refractivity contribution is 6.31. The van der Waals surface area contributed by atoms with Crippen molar-refractivity contribution in [1.29, 1.82) is 0 Å². The number of piperazine rings is 1. The standard InChI is InChI=1S/C22H26ClN7/c1-29-9-11-30(12-10-29)8-2-7-24-16-4-6-18-20(14-16)26-22(25-18)21-17-5-3-15(23)13-19(17)27-28-21/h3-6,13-14,24H,2,7-12H2,1H3,(H,25,26)(H,27,28). The van der Waals surface area contributed by atoms with Crippen LogP contribution < -0.4 is 5.32 Å². The molecular weight excluding hydrogens is 398 g/mol. The van der Waals surface area contributed by atoms with Crippen LogP contribution in [-0.2, 0) is 0 Å². The lowest BCUT2D eigenvalue weighted by atomic mass is 10.2. The largest absolute Gasteiger partial charge is 0.385 e. The van der Waals surface area contributed by atoms with Crippen LogP contribution in [0.2, 0.25) is 5.02 Å². The number of anilines is 1. The number of benzene rings is 2. The summed E-state index contributed by atoms with van der Waals surface area (Å²) in [5.74, 6) is 0.755. The summed E-state index contributed by atoms with van der Waals surface area (Å²) in [5, 5.41) is 12.7. The molecule has 0 amide bonds. The summed E-state index contributed by atoms with van der Waals surface area (Å²) < 4.78 is 0. The van der Waals surface area contributed by atoms with Crippen LogP contribution in [0.15, 0.2) is 36.4 Å². The number of hydrogen-bond donors (Lipinski definition) is 3. The maximum Gasteiger partial charge on any atom is 0.159 e. The normalized spacial score (nSPS) is 15.9. The van der Waals surface area contributed by atoms with Gasteiger partial charge in [-0.05, 0) is 56.4 Å². The molecule has 8 heteroatoms. The third-order valence-electron chi connectivity index (χ3n) is 5.81. The van der Waals surface area contributed by atoms with E-state index in [-0.39, 0.29) is 0 Å². The van der Waals surface area contributed by atoms with Crippen molar-refractivity contribution in [3.05, 3.63) is 41.4 Å². The Morgan fingerprint density at radius 3 is 2.80 bits per heavy atom. The van der Waals surface area contributed by atoms with Crippen LogP contribution in [0, 0.1) is 0 Å². The van der Waals surface area contributed by atoms with Gasteiger partial charge in [0.1, 0.15) is 5.69 Å². The number of aromatic nitrogens is 4. The van der Waals surface area contributed by atoms with Crippen molar-refractivity contribution in [3.8, 4) is 11.5 Å². The number of H-pyrrole nitrogens is 2. The first-order valence-electron chi connectivity index (χ1n) is 10.4. The Morgan fingerprint density at radius 2 is 1.93 bits per heavy atom. The van der Waals surface area contributed by atoms with Gasteiger partial charge in [-0.3, -0.25) is 5.10 Å². The van der Waals surface area contributed by atoms with Crippen molar-refractivity contribution in [2.24, 2.45) is 0 Å². The topological polar surface area (TPSA) is 75.9 Å². The molecule has 0 aliphatic carbocycles. The molecule has 156 valence electrons. The highest BCUT2D eigenvalue weighted by atomic mass is 35.5. The van der Waals surface area contributed by atoms with Gasteiger partial charge < -0.3 is 20.1 Å². The molecule has 0 radical (unpaired) electrons. The van der Waals surface area contributed by atoms with Gasteiger partial charge in [-0.2, -0.15) is 5.10 Å². The maximum atomic E-state index is 6.07. The molecule has 1 saturated heterocycles. The van der Waals surface area contributed by atoms with Gasteiger partial charge in [0.05, 0.1) is 16.6 Å². The molecule has 0 atom stereocenters. The molecule has 1 aliphatic heterocycles. The summed E-state index contributed by atoms with van der Waals surface area (Å²) in [6.45, 7) is 6.80. The van der Waals surface area contributed by atoms with E-state index in [2.05, 4.69) is 49.5 Å².